The average molecular weight is 674 g/mol. The third kappa shape index (κ3) is 9.92. The molecule has 14 heteroatoms. The maximum atomic E-state index is 13.2. The van der Waals surface area contributed by atoms with E-state index in [2.05, 4.69) is 25.6 Å². The number of carbonyl (C=O) groups excluding carboxylic acids is 2. The second-order valence-corrected chi connectivity index (χ2v) is 13.8. The predicted molar refractivity (Wildman–Crippen MR) is 174 cm³/mol. The molecule has 1 saturated heterocycles. The molecule has 0 unspecified atom stereocenters. The van der Waals surface area contributed by atoms with Crippen molar-refractivity contribution < 1.29 is 35.9 Å². The summed E-state index contributed by atoms with van der Waals surface area (Å²) in [7, 11) is -3.19. The van der Waals surface area contributed by atoms with E-state index in [9.17, 15) is 31.2 Å². The van der Waals surface area contributed by atoms with E-state index < -0.39 is 34.1 Å². The smallest absolute Gasteiger partial charge is 0.405 e. The molecule has 3 aromatic rings. The first-order valence-electron chi connectivity index (χ1n) is 15.5. The molecule has 1 aliphatic heterocycles. The number of anilines is 2. The molecule has 0 radical (unpaired) electrons. The van der Waals surface area contributed by atoms with Crippen LogP contribution in [-0.2, 0) is 16.6 Å². The standard InChI is InChI=1S/C33H38F3N5O5S/c1-47(44,45)41-19-17-40(18-20-41)22-23-7-13-27(14-8-23)37-31(42)25-11-9-24(10-12-25)29-21-28(15-16-30(29)46-33(34,35)36)39-32(43)38-26-5-3-2-4-6-26/h7-16,21,26H,2-6,17-20,22H2,1H3,(H,37,42)(H2,38,39,43). The molecule has 1 aliphatic carbocycles. The normalized spacial score (nSPS) is 16.8. The van der Waals surface area contributed by atoms with E-state index in [1.165, 1.54) is 47.0 Å². The molecule has 5 rings (SSSR count). The van der Waals surface area contributed by atoms with Gasteiger partial charge in [-0.15, -0.1) is 13.2 Å². The van der Waals surface area contributed by atoms with Crippen molar-refractivity contribution in [3.05, 3.63) is 77.9 Å². The van der Waals surface area contributed by atoms with Gasteiger partial charge in [0.1, 0.15) is 5.75 Å². The lowest BCUT2D eigenvalue weighted by atomic mass is 9.96. The van der Waals surface area contributed by atoms with Gasteiger partial charge in [0.15, 0.2) is 0 Å². The van der Waals surface area contributed by atoms with Crippen molar-refractivity contribution in [3.8, 4) is 16.9 Å². The molecule has 2 fully saturated rings. The monoisotopic (exact) mass is 673 g/mol. The number of halogens is 3. The Morgan fingerprint density at radius 2 is 1.49 bits per heavy atom. The summed E-state index contributed by atoms with van der Waals surface area (Å²) in [6.45, 7) is 2.80. The van der Waals surface area contributed by atoms with Gasteiger partial charge < -0.3 is 20.7 Å². The Hall–Kier alpha value is -4.14. The highest BCUT2D eigenvalue weighted by molar-refractivity contribution is 7.88. The Bertz CT molecular complexity index is 1650. The van der Waals surface area contributed by atoms with Crippen LogP contribution in [0, 0.1) is 0 Å². The van der Waals surface area contributed by atoms with Crippen LogP contribution in [0.4, 0.5) is 29.3 Å². The fourth-order valence-electron chi connectivity index (χ4n) is 5.82. The van der Waals surface area contributed by atoms with Crippen LogP contribution in [0.15, 0.2) is 66.7 Å². The van der Waals surface area contributed by atoms with E-state index in [0.717, 1.165) is 43.7 Å². The van der Waals surface area contributed by atoms with Crippen LogP contribution in [0.25, 0.3) is 11.1 Å². The van der Waals surface area contributed by atoms with Gasteiger partial charge in [0.25, 0.3) is 5.91 Å². The van der Waals surface area contributed by atoms with Crippen molar-refractivity contribution in [2.45, 2.75) is 51.1 Å². The van der Waals surface area contributed by atoms with Crippen molar-refractivity contribution in [1.82, 2.24) is 14.5 Å². The minimum absolute atomic E-state index is 0.0597. The van der Waals surface area contributed by atoms with Crippen molar-refractivity contribution >= 4 is 33.3 Å². The fraction of sp³-hybridized carbons (Fsp3) is 0.394. The van der Waals surface area contributed by atoms with E-state index in [1.807, 2.05) is 12.1 Å². The molecule has 3 amide bonds. The van der Waals surface area contributed by atoms with Crippen LogP contribution in [0.2, 0.25) is 0 Å². The number of sulfonamides is 1. The van der Waals surface area contributed by atoms with Gasteiger partial charge in [-0.1, -0.05) is 43.5 Å². The molecule has 2 aliphatic rings. The quantitative estimate of drug-likeness (QED) is 0.255. The number of rotatable bonds is 9. The van der Waals surface area contributed by atoms with Crippen LogP contribution >= 0.6 is 0 Å². The van der Waals surface area contributed by atoms with E-state index in [-0.39, 0.29) is 11.6 Å². The summed E-state index contributed by atoms with van der Waals surface area (Å²) in [6, 6.07) is 16.9. The maximum Gasteiger partial charge on any atom is 0.573 e. The van der Waals surface area contributed by atoms with Gasteiger partial charge in [0.2, 0.25) is 10.0 Å². The van der Waals surface area contributed by atoms with E-state index >= 15 is 0 Å². The van der Waals surface area contributed by atoms with Crippen LogP contribution < -0.4 is 20.7 Å². The third-order valence-electron chi connectivity index (χ3n) is 8.28. The van der Waals surface area contributed by atoms with Crippen molar-refractivity contribution in [2.75, 3.05) is 43.1 Å². The molecule has 1 heterocycles. The number of piperazine rings is 1. The first-order valence-corrected chi connectivity index (χ1v) is 17.3. The zero-order chi connectivity index (χ0) is 33.6. The number of hydrogen-bond donors (Lipinski definition) is 3. The Morgan fingerprint density at radius 1 is 0.851 bits per heavy atom. The van der Waals surface area contributed by atoms with Crippen molar-refractivity contribution in [3.63, 3.8) is 0 Å². The van der Waals surface area contributed by atoms with Gasteiger partial charge >= 0.3 is 12.4 Å². The highest BCUT2D eigenvalue weighted by atomic mass is 32.2. The first kappa shape index (κ1) is 34.2. The first-order chi connectivity index (χ1) is 22.3. The second-order valence-electron chi connectivity index (χ2n) is 11.9. The minimum Gasteiger partial charge on any atom is -0.405 e. The van der Waals surface area contributed by atoms with Crippen LogP contribution in [0.5, 0.6) is 5.75 Å². The second kappa shape index (κ2) is 14.7. The molecule has 0 bridgehead atoms. The zero-order valence-corrected chi connectivity index (χ0v) is 26.8. The average Bonchev–Trinajstić information content (AvgIpc) is 3.02. The van der Waals surface area contributed by atoms with Crippen LogP contribution in [0.3, 0.4) is 0 Å². The number of ether oxygens (including phenoxy) is 1. The summed E-state index contributed by atoms with van der Waals surface area (Å²) in [5, 5.41) is 8.44. The molecule has 252 valence electrons. The van der Waals surface area contributed by atoms with E-state index in [1.54, 1.807) is 12.1 Å². The number of benzene rings is 3. The van der Waals surface area contributed by atoms with Gasteiger partial charge in [0, 0.05) is 61.3 Å². The number of amides is 3. The third-order valence-corrected chi connectivity index (χ3v) is 9.58. The largest absolute Gasteiger partial charge is 0.573 e. The molecule has 47 heavy (non-hydrogen) atoms. The molecule has 1 saturated carbocycles. The molecule has 0 atom stereocenters. The summed E-state index contributed by atoms with van der Waals surface area (Å²) in [6.07, 6.45) is 1.26. The summed E-state index contributed by atoms with van der Waals surface area (Å²) < 4.78 is 68.8. The molecule has 10 nitrogen and oxygen atoms in total. The molecule has 3 aromatic carbocycles. The van der Waals surface area contributed by atoms with Crippen LogP contribution in [0.1, 0.15) is 48.0 Å². The molecule has 0 spiro atoms. The maximum absolute atomic E-state index is 13.2. The lowest BCUT2D eigenvalue weighted by Gasteiger charge is -2.33. The topological polar surface area (TPSA) is 120 Å². The number of alkyl halides is 3. The van der Waals surface area contributed by atoms with Gasteiger partial charge in [-0.2, -0.15) is 4.31 Å². The predicted octanol–water partition coefficient (Wildman–Crippen LogP) is 6.04. The van der Waals surface area contributed by atoms with Crippen LogP contribution in [-0.4, -0.2) is 74.4 Å². The lowest BCUT2D eigenvalue weighted by molar-refractivity contribution is -0.274. The van der Waals surface area contributed by atoms with Gasteiger partial charge in [-0.3, -0.25) is 9.69 Å². The van der Waals surface area contributed by atoms with Gasteiger partial charge in [0.05, 0.1) is 6.26 Å². The summed E-state index contributed by atoms with van der Waals surface area (Å²) >= 11 is 0. The highest BCUT2D eigenvalue weighted by Gasteiger charge is 2.32. The molecular formula is C33H38F3N5O5S. The number of hydrogen-bond acceptors (Lipinski definition) is 6. The minimum atomic E-state index is -4.93. The van der Waals surface area contributed by atoms with E-state index in [0.29, 0.717) is 55.2 Å². The molecule has 0 aromatic heterocycles. The molecular weight excluding hydrogens is 635 g/mol. The number of nitrogens with one attached hydrogen (secondary N) is 3. The Balaban J connectivity index is 1.22. The van der Waals surface area contributed by atoms with E-state index in [4.69, 9.17) is 0 Å². The zero-order valence-electron chi connectivity index (χ0n) is 26.0. The Morgan fingerprint density at radius 3 is 2.11 bits per heavy atom. The summed E-state index contributed by atoms with van der Waals surface area (Å²) in [5.41, 5.74) is 2.62. The number of nitrogens with zero attached hydrogens (tertiary/aromatic N) is 2. The van der Waals surface area contributed by atoms with Gasteiger partial charge in [-0.05, 0) is 66.4 Å². The lowest BCUT2D eigenvalue weighted by Crippen LogP contribution is -2.47. The fourth-order valence-corrected chi connectivity index (χ4v) is 6.65. The SMILES string of the molecule is CS(=O)(=O)N1CCN(Cc2ccc(NC(=O)c3ccc(-c4cc(NC(=O)NC5CCCCC5)ccc4OC(F)(F)F)cc3)cc2)CC1. The van der Waals surface area contributed by atoms with Crippen molar-refractivity contribution in [1.29, 1.82) is 0 Å². The highest BCUT2D eigenvalue weighted by Crippen LogP contribution is 2.36. The number of urea groups is 1. The Labute approximate surface area is 272 Å². The van der Waals surface area contributed by atoms with Crippen molar-refractivity contribution in [2.24, 2.45) is 0 Å². The number of carbonyl (C=O) groups is 2. The Kier molecular flexibility index (Phi) is 10.7. The van der Waals surface area contributed by atoms with Gasteiger partial charge in [-0.25, -0.2) is 13.2 Å². The molecule has 3 N–H and O–H groups in total. The summed E-state index contributed by atoms with van der Waals surface area (Å²) in [5.74, 6) is -0.840. The summed E-state index contributed by atoms with van der Waals surface area (Å²) in [4.78, 5) is 27.7.